The fourth-order valence-corrected chi connectivity index (χ4v) is 3.72. The molecule has 0 unspecified atom stereocenters. The van der Waals surface area contributed by atoms with E-state index in [9.17, 15) is 14.4 Å². The van der Waals surface area contributed by atoms with Crippen molar-refractivity contribution in [3.8, 4) is 0 Å². The zero-order valence-corrected chi connectivity index (χ0v) is 15.3. The van der Waals surface area contributed by atoms with Crippen LogP contribution in [-0.4, -0.2) is 28.5 Å². The average Bonchev–Trinajstić information content (AvgIpc) is 2.90. The maximum absolute atomic E-state index is 12.5. The molecule has 0 aliphatic rings. The first-order chi connectivity index (χ1) is 12.4. The number of rotatable bonds is 4. The van der Waals surface area contributed by atoms with Gasteiger partial charge >= 0.3 is 5.97 Å². The summed E-state index contributed by atoms with van der Waals surface area (Å²) in [4.78, 5) is 41.7. The van der Waals surface area contributed by atoms with Crippen LogP contribution in [0.15, 0.2) is 35.3 Å². The molecule has 1 amide bonds. The molecule has 0 saturated heterocycles. The largest absolute Gasteiger partial charge is 0.465 e. The Labute approximate surface area is 153 Å². The molecule has 0 aliphatic heterocycles. The summed E-state index contributed by atoms with van der Waals surface area (Å²) in [5.41, 5.74) is 1.93. The average molecular weight is 371 g/mol. The first-order valence-electron chi connectivity index (χ1n) is 7.85. The number of aromatic nitrogens is 2. The van der Waals surface area contributed by atoms with Crippen molar-refractivity contribution in [1.82, 2.24) is 9.55 Å². The molecule has 8 heteroatoms. The highest BCUT2D eigenvalue weighted by atomic mass is 32.1. The van der Waals surface area contributed by atoms with Crippen molar-refractivity contribution in [3.05, 3.63) is 56.8 Å². The van der Waals surface area contributed by atoms with Crippen LogP contribution in [0.3, 0.4) is 0 Å². The minimum atomic E-state index is -0.506. The summed E-state index contributed by atoms with van der Waals surface area (Å²) in [7, 11) is 1.29. The zero-order chi connectivity index (χ0) is 18.8. The van der Waals surface area contributed by atoms with Crippen LogP contribution >= 0.6 is 11.3 Å². The van der Waals surface area contributed by atoms with Gasteiger partial charge in [-0.1, -0.05) is 12.1 Å². The number of fused-ring (bicyclic) bond motifs is 1. The molecule has 1 N–H and O–H groups in total. The molecule has 7 nitrogen and oxygen atoms in total. The fourth-order valence-electron chi connectivity index (χ4n) is 2.65. The number of hydrogen-bond donors (Lipinski definition) is 1. The number of carbonyl (C=O) groups is 2. The van der Waals surface area contributed by atoms with E-state index in [2.05, 4.69) is 10.3 Å². The van der Waals surface area contributed by atoms with Crippen molar-refractivity contribution in [3.63, 3.8) is 0 Å². The van der Waals surface area contributed by atoms with Crippen molar-refractivity contribution in [2.75, 3.05) is 12.4 Å². The van der Waals surface area contributed by atoms with Crippen LogP contribution in [0.1, 0.15) is 20.8 Å². The molecule has 2 heterocycles. The van der Waals surface area contributed by atoms with Gasteiger partial charge in [-0.3, -0.25) is 14.2 Å². The van der Waals surface area contributed by atoms with E-state index in [1.165, 1.54) is 29.2 Å². The van der Waals surface area contributed by atoms with Crippen LogP contribution in [0.2, 0.25) is 0 Å². The van der Waals surface area contributed by atoms with E-state index < -0.39 is 11.9 Å². The third-order valence-corrected chi connectivity index (χ3v) is 5.20. The van der Waals surface area contributed by atoms with E-state index in [1.54, 1.807) is 25.1 Å². The van der Waals surface area contributed by atoms with Gasteiger partial charge in [0.25, 0.3) is 5.56 Å². The Hall–Kier alpha value is -3.00. The Kier molecular flexibility index (Phi) is 4.85. The second kappa shape index (κ2) is 7.09. The highest BCUT2D eigenvalue weighted by Crippen LogP contribution is 2.32. The Balaban J connectivity index is 1.92. The maximum atomic E-state index is 12.5. The molecule has 2 aromatic heterocycles. The molecule has 0 radical (unpaired) electrons. The molecular formula is C18H17N3O4S. The third-order valence-electron chi connectivity index (χ3n) is 4.08. The first-order valence-corrected chi connectivity index (χ1v) is 8.66. The van der Waals surface area contributed by atoms with Crippen molar-refractivity contribution in [1.29, 1.82) is 0 Å². The van der Waals surface area contributed by atoms with Gasteiger partial charge < -0.3 is 10.1 Å². The number of aryl methyl sites for hydroxylation is 1. The Morgan fingerprint density at radius 2 is 2.00 bits per heavy atom. The Morgan fingerprint density at radius 1 is 1.27 bits per heavy atom. The quantitative estimate of drug-likeness (QED) is 0.712. The number of thiophene rings is 1. The van der Waals surface area contributed by atoms with Crippen LogP contribution in [0.5, 0.6) is 0 Å². The Bertz CT molecular complexity index is 1070. The number of methoxy groups -OCH3 is 1. The predicted octanol–water partition coefficient (Wildman–Crippen LogP) is 2.50. The minimum absolute atomic E-state index is 0.182. The summed E-state index contributed by atoms with van der Waals surface area (Å²) in [6.45, 7) is 3.48. The number of nitrogens with one attached hydrogen (secondary N) is 1. The van der Waals surface area contributed by atoms with Crippen LogP contribution < -0.4 is 10.9 Å². The molecule has 3 rings (SSSR count). The fraction of sp³-hybridized carbons (Fsp3) is 0.222. The number of hydrogen-bond acceptors (Lipinski definition) is 6. The van der Waals surface area contributed by atoms with Gasteiger partial charge in [0.05, 0.1) is 29.9 Å². The molecule has 3 aromatic rings. The standard InChI is InChI=1S/C18H17N3O4S/c1-10-11(2)26-17(16(10)18(24)25-3)20-14(22)9-21-13-7-5-4-6-12(13)19-8-15(21)23/h4-8H,9H2,1-3H3,(H,20,22). The van der Waals surface area contributed by atoms with Gasteiger partial charge in [0.1, 0.15) is 11.5 Å². The van der Waals surface area contributed by atoms with E-state index in [0.29, 0.717) is 21.6 Å². The molecule has 0 atom stereocenters. The van der Waals surface area contributed by atoms with E-state index >= 15 is 0 Å². The van der Waals surface area contributed by atoms with Crippen LogP contribution in [0, 0.1) is 13.8 Å². The van der Waals surface area contributed by atoms with Crippen LogP contribution in [0.4, 0.5) is 5.00 Å². The molecule has 0 aliphatic carbocycles. The van der Waals surface area contributed by atoms with E-state index in [0.717, 1.165) is 10.4 Å². The van der Waals surface area contributed by atoms with Gasteiger partial charge in [0.15, 0.2) is 0 Å². The molecule has 26 heavy (non-hydrogen) atoms. The molecule has 1 aromatic carbocycles. The highest BCUT2D eigenvalue weighted by molar-refractivity contribution is 7.16. The number of para-hydroxylation sites is 2. The number of anilines is 1. The maximum Gasteiger partial charge on any atom is 0.341 e. The minimum Gasteiger partial charge on any atom is -0.465 e. The van der Waals surface area contributed by atoms with Crippen LogP contribution in [-0.2, 0) is 16.1 Å². The number of ether oxygens (including phenoxy) is 1. The zero-order valence-electron chi connectivity index (χ0n) is 14.5. The van der Waals surface area contributed by atoms with Gasteiger partial charge in [0, 0.05) is 4.88 Å². The molecule has 0 fully saturated rings. The van der Waals surface area contributed by atoms with Crippen molar-refractivity contribution in [2.45, 2.75) is 20.4 Å². The molecule has 0 bridgehead atoms. The SMILES string of the molecule is COC(=O)c1c(NC(=O)Cn2c(=O)cnc3ccccc32)sc(C)c1C. The second-order valence-corrected chi connectivity index (χ2v) is 6.92. The van der Waals surface area contributed by atoms with E-state index in [1.807, 2.05) is 13.0 Å². The monoisotopic (exact) mass is 371 g/mol. The Morgan fingerprint density at radius 3 is 2.73 bits per heavy atom. The number of carbonyl (C=O) groups excluding carboxylic acids is 2. The second-order valence-electron chi connectivity index (χ2n) is 5.70. The third kappa shape index (κ3) is 3.23. The van der Waals surface area contributed by atoms with E-state index in [-0.39, 0.29) is 12.1 Å². The summed E-state index contributed by atoms with van der Waals surface area (Å²) in [5.74, 6) is -0.913. The lowest BCUT2D eigenvalue weighted by Crippen LogP contribution is -2.28. The summed E-state index contributed by atoms with van der Waals surface area (Å²) >= 11 is 1.30. The van der Waals surface area contributed by atoms with Crippen molar-refractivity contribution < 1.29 is 14.3 Å². The summed E-state index contributed by atoms with van der Waals surface area (Å²) < 4.78 is 6.15. The van der Waals surface area contributed by atoms with E-state index in [4.69, 9.17) is 4.74 Å². The highest BCUT2D eigenvalue weighted by Gasteiger charge is 2.22. The molecular weight excluding hydrogens is 354 g/mol. The van der Waals surface area contributed by atoms with Gasteiger partial charge in [-0.05, 0) is 31.5 Å². The van der Waals surface area contributed by atoms with Gasteiger partial charge in [-0.2, -0.15) is 0 Å². The summed E-state index contributed by atoms with van der Waals surface area (Å²) in [6.07, 6.45) is 1.19. The predicted molar refractivity (Wildman–Crippen MR) is 99.8 cm³/mol. The topological polar surface area (TPSA) is 90.3 Å². The lowest BCUT2D eigenvalue weighted by Gasteiger charge is -2.10. The number of benzene rings is 1. The number of amides is 1. The first kappa shape index (κ1) is 17.8. The van der Waals surface area contributed by atoms with Crippen molar-refractivity contribution >= 4 is 39.2 Å². The lowest BCUT2D eigenvalue weighted by molar-refractivity contribution is -0.116. The number of esters is 1. The van der Waals surface area contributed by atoms with Gasteiger partial charge in [0.2, 0.25) is 5.91 Å². The van der Waals surface area contributed by atoms with Gasteiger partial charge in [-0.15, -0.1) is 11.3 Å². The molecule has 0 saturated carbocycles. The van der Waals surface area contributed by atoms with Gasteiger partial charge in [-0.25, -0.2) is 9.78 Å². The summed E-state index contributed by atoms with van der Waals surface area (Å²) in [5, 5.41) is 3.15. The lowest BCUT2D eigenvalue weighted by atomic mass is 10.1. The van der Waals surface area contributed by atoms with Crippen molar-refractivity contribution in [2.24, 2.45) is 0 Å². The summed E-state index contributed by atoms with van der Waals surface area (Å²) in [6, 6.07) is 7.09. The normalized spacial score (nSPS) is 10.7. The van der Waals surface area contributed by atoms with Crippen LogP contribution in [0.25, 0.3) is 11.0 Å². The molecule has 134 valence electrons. The molecule has 0 spiro atoms. The smallest absolute Gasteiger partial charge is 0.341 e. The number of nitrogens with zero attached hydrogens (tertiary/aromatic N) is 2.